The van der Waals surface area contributed by atoms with E-state index in [1.54, 1.807) is 32.1 Å². The Balaban J connectivity index is 2.14. The lowest BCUT2D eigenvalue weighted by atomic mass is 10.0. The van der Waals surface area contributed by atoms with Crippen molar-refractivity contribution in [2.75, 3.05) is 0 Å². The van der Waals surface area contributed by atoms with Gasteiger partial charge in [-0.15, -0.1) is 11.3 Å². The highest BCUT2D eigenvalue weighted by Crippen LogP contribution is 2.23. The number of benzene rings is 1. The minimum absolute atomic E-state index is 0.150. The summed E-state index contributed by atoms with van der Waals surface area (Å²) in [7, 11) is -3.68. The first kappa shape index (κ1) is 20.9. The number of rotatable bonds is 7. The molecule has 5 nitrogen and oxygen atoms in total. The van der Waals surface area contributed by atoms with Gasteiger partial charge in [0.05, 0.1) is 5.75 Å². The predicted octanol–water partition coefficient (Wildman–Crippen LogP) is 4.08. The maximum absolute atomic E-state index is 12.6. The normalized spacial score (nSPS) is 13.9. The maximum Gasteiger partial charge on any atom is 0.324 e. The number of nitrogens with one attached hydrogen (secondary N) is 1. The molecule has 0 amide bonds. The van der Waals surface area contributed by atoms with E-state index in [1.807, 2.05) is 43.5 Å². The Morgan fingerprint density at radius 2 is 1.92 bits per heavy atom. The van der Waals surface area contributed by atoms with Gasteiger partial charge in [-0.25, -0.2) is 13.1 Å². The van der Waals surface area contributed by atoms with E-state index in [-0.39, 0.29) is 11.7 Å². The minimum atomic E-state index is -3.68. The van der Waals surface area contributed by atoms with Gasteiger partial charge in [-0.2, -0.15) is 0 Å². The van der Waals surface area contributed by atoms with Crippen LogP contribution >= 0.6 is 11.3 Å². The molecule has 2 rings (SSSR count). The molecule has 26 heavy (non-hydrogen) atoms. The highest BCUT2D eigenvalue weighted by atomic mass is 32.2. The van der Waals surface area contributed by atoms with Crippen molar-refractivity contribution in [1.29, 1.82) is 0 Å². The van der Waals surface area contributed by atoms with Crippen LogP contribution in [0.5, 0.6) is 0 Å². The summed E-state index contributed by atoms with van der Waals surface area (Å²) in [5.41, 5.74) is 0.0257. The summed E-state index contributed by atoms with van der Waals surface area (Å²) in [5.74, 6) is -0.559. The largest absolute Gasteiger partial charge is 0.459 e. The van der Waals surface area contributed by atoms with Crippen molar-refractivity contribution in [3.8, 4) is 0 Å². The number of sulfonamides is 1. The molecule has 1 atom stereocenters. The Hall–Kier alpha value is -1.44. The first-order valence-electron chi connectivity index (χ1n) is 8.64. The Labute approximate surface area is 159 Å². The summed E-state index contributed by atoms with van der Waals surface area (Å²) in [4.78, 5) is 12.4. The van der Waals surface area contributed by atoms with Gasteiger partial charge in [0.25, 0.3) is 0 Å². The molecule has 0 aliphatic carbocycles. The number of ether oxygens (including phenoxy) is 1. The summed E-state index contributed by atoms with van der Waals surface area (Å²) < 4.78 is 34.3. The molecular formula is C19H27NO4S2. The summed E-state index contributed by atoms with van der Waals surface area (Å²) in [6.07, 6.45) is 0.387. The third-order valence-electron chi connectivity index (χ3n) is 3.59. The number of carbonyl (C=O) groups is 1. The van der Waals surface area contributed by atoms with Crippen molar-refractivity contribution in [2.24, 2.45) is 5.92 Å². The Kier molecular flexibility index (Phi) is 6.47. The SMILES string of the molecule is CC(C)C[C@@H](NS(=O)(=O)Cc1ccc2sccc2c1)C(=O)OC(C)(C)C. The quantitative estimate of drug-likeness (QED) is 0.715. The Bertz CT molecular complexity index is 863. The van der Waals surface area contributed by atoms with Crippen molar-refractivity contribution in [1.82, 2.24) is 4.72 Å². The van der Waals surface area contributed by atoms with Gasteiger partial charge in [-0.3, -0.25) is 4.79 Å². The van der Waals surface area contributed by atoms with Crippen LogP contribution < -0.4 is 4.72 Å². The van der Waals surface area contributed by atoms with Gasteiger partial charge in [-0.1, -0.05) is 19.9 Å². The van der Waals surface area contributed by atoms with Gasteiger partial charge in [0, 0.05) is 4.70 Å². The molecule has 0 aliphatic heterocycles. The van der Waals surface area contributed by atoms with E-state index in [0.29, 0.717) is 12.0 Å². The second kappa shape index (κ2) is 8.06. The van der Waals surface area contributed by atoms with E-state index < -0.39 is 27.6 Å². The molecule has 0 fully saturated rings. The van der Waals surface area contributed by atoms with Crippen molar-refractivity contribution in [3.05, 3.63) is 35.2 Å². The molecular weight excluding hydrogens is 370 g/mol. The van der Waals surface area contributed by atoms with Crippen LogP contribution in [0.2, 0.25) is 0 Å². The summed E-state index contributed by atoms with van der Waals surface area (Å²) in [5, 5.41) is 3.00. The lowest BCUT2D eigenvalue weighted by molar-refractivity contribution is -0.157. The van der Waals surface area contributed by atoms with E-state index in [1.165, 1.54) is 0 Å². The number of thiophene rings is 1. The minimum Gasteiger partial charge on any atom is -0.459 e. The average Bonchev–Trinajstić information content (AvgIpc) is 2.90. The molecule has 0 unspecified atom stereocenters. The third kappa shape index (κ3) is 6.37. The first-order chi connectivity index (χ1) is 12.0. The number of hydrogen-bond acceptors (Lipinski definition) is 5. The van der Waals surface area contributed by atoms with Crippen LogP contribution in [0, 0.1) is 5.92 Å². The summed E-state index contributed by atoms with van der Waals surface area (Å²) in [6, 6.07) is 6.68. The molecule has 1 aromatic carbocycles. The van der Waals surface area contributed by atoms with Crippen LogP contribution in [0.25, 0.3) is 10.1 Å². The number of esters is 1. The molecule has 0 spiro atoms. The topological polar surface area (TPSA) is 72.5 Å². The van der Waals surface area contributed by atoms with E-state index in [2.05, 4.69) is 4.72 Å². The monoisotopic (exact) mass is 397 g/mol. The van der Waals surface area contributed by atoms with Gasteiger partial charge >= 0.3 is 5.97 Å². The fraction of sp³-hybridized carbons (Fsp3) is 0.526. The molecule has 1 N–H and O–H groups in total. The van der Waals surface area contributed by atoms with Crippen LogP contribution in [0.4, 0.5) is 0 Å². The van der Waals surface area contributed by atoms with E-state index in [4.69, 9.17) is 4.74 Å². The van der Waals surface area contributed by atoms with Crippen LogP contribution in [0.3, 0.4) is 0 Å². The molecule has 2 aromatic rings. The molecule has 0 saturated carbocycles. The van der Waals surface area contributed by atoms with E-state index in [9.17, 15) is 13.2 Å². The van der Waals surface area contributed by atoms with Gasteiger partial charge in [0.15, 0.2) is 0 Å². The van der Waals surface area contributed by atoms with Gasteiger partial charge in [-0.05, 0) is 67.6 Å². The molecule has 0 saturated heterocycles. The van der Waals surface area contributed by atoms with Gasteiger partial charge in [0.1, 0.15) is 11.6 Å². The highest BCUT2D eigenvalue weighted by Gasteiger charge is 2.29. The van der Waals surface area contributed by atoms with Gasteiger partial charge in [0.2, 0.25) is 10.0 Å². The van der Waals surface area contributed by atoms with Crippen LogP contribution in [-0.4, -0.2) is 26.0 Å². The van der Waals surface area contributed by atoms with E-state index >= 15 is 0 Å². The van der Waals surface area contributed by atoms with Crippen molar-refractivity contribution in [2.45, 2.75) is 58.4 Å². The lowest BCUT2D eigenvalue weighted by Crippen LogP contribution is -2.45. The van der Waals surface area contributed by atoms with Gasteiger partial charge < -0.3 is 4.74 Å². The Morgan fingerprint density at radius 3 is 2.54 bits per heavy atom. The summed E-state index contributed by atoms with van der Waals surface area (Å²) in [6.45, 7) is 9.18. The average molecular weight is 398 g/mol. The van der Waals surface area contributed by atoms with E-state index in [0.717, 1.165) is 10.1 Å². The first-order valence-corrected chi connectivity index (χ1v) is 11.2. The second-order valence-corrected chi connectivity index (χ2v) is 10.6. The molecule has 1 aromatic heterocycles. The van der Waals surface area contributed by atoms with Crippen molar-refractivity contribution >= 4 is 37.4 Å². The molecule has 144 valence electrons. The van der Waals surface area contributed by atoms with Crippen LogP contribution in [0.15, 0.2) is 29.6 Å². The van der Waals surface area contributed by atoms with Crippen molar-refractivity contribution < 1.29 is 17.9 Å². The maximum atomic E-state index is 12.6. The number of carbonyl (C=O) groups excluding carboxylic acids is 1. The third-order valence-corrected chi connectivity index (χ3v) is 5.85. The zero-order valence-corrected chi connectivity index (χ0v) is 17.5. The fourth-order valence-electron chi connectivity index (χ4n) is 2.62. The molecule has 0 radical (unpaired) electrons. The fourth-order valence-corrected chi connectivity index (χ4v) is 4.72. The summed E-state index contributed by atoms with van der Waals surface area (Å²) >= 11 is 1.61. The smallest absolute Gasteiger partial charge is 0.324 e. The van der Waals surface area contributed by atoms with Crippen LogP contribution in [0.1, 0.15) is 46.6 Å². The Morgan fingerprint density at radius 1 is 1.23 bits per heavy atom. The molecule has 0 bridgehead atoms. The zero-order chi connectivity index (χ0) is 19.5. The molecule has 7 heteroatoms. The number of hydrogen-bond donors (Lipinski definition) is 1. The highest BCUT2D eigenvalue weighted by molar-refractivity contribution is 7.88. The second-order valence-electron chi connectivity index (χ2n) is 7.89. The standard InChI is InChI=1S/C19H27NO4S2/c1-13(2)10-16(18(21)24-19(3,4)5)20-26(22,23)12-14-6-7-17-15(11-14)8-9-25-17/h6-9,11,13,16,20H,10,12H2,1-5H3/t16-/m1/s1. The molecule has 0 aliphatic rings. The lowest BCUT2D eigenvalue weighted by Gasteiger charge is -2.25. The zero-order valence-electron chi connectivity index (χ0n) is 15.9. The predicted molar refractivity (Wildman–Crippen MR) is 107 cm³/mol. The van der Waals surface area contributed by atoms with Crippen LogP contribution in [-0.2, 0) is 25.3 Å². The number of fused-ring (bicyclic) bond motifs is 1. The molecule has 1 heterocycles. The van der Waals surface area contributed by atoms with Crippen molar-refractivity contribution in [3.63, 3.8) is 0 Å².